The molecular weight excluding hydrogens is 180 g/mol. The highest BCUT2D eigenvalue weighted by atomic mass is 16.5. The average molecular weight is 194 g/mol. The molecule has 3 nitrogen and oxygen atoms in total. The summed E-state index contributed by atoms with van der Waals surface area (Å²) in [5, 5.41) is 0. The van der Waals surface area contributed by atoms with Crippen molar-refractivity contribution < 1.29 is 14.2 Å². The van der Waals surface area contributed by atoms with Gasteiger partial charge in [0.05, 0.1) is 20.5 Å². The van der Waals surface area contributed by atoms with Gasteiger partial charge in [-0.3, -0.25) is 0 Å². The number of ether oxygens (including phenoxy) is 3. The van der Waals surface area contributed by atoms with E-state index in [9.17, 15) is 0 Å². The van der Waals surface area contributed by atoms with Crippen LogP contribution in [-0.2, 0) is 0 Å². The Bertz CT molecular complexity index is 318. The van der Waals surface area contributed by atoms with Crippen LogP contribution < -0.4 is 14.2 Å². The van der Waals surface area contributed by atoms with Gasteiger partial charge in [-0.2, -0.15) is 0 Å². The summed E-state index contributed by atoms with van der Waals surface area (Å²) in [6.45, 7) is 1.89. The molecular formula is C11H14O3. The van der Waals surface area contributed by atoms with Crippen LogP contribution in [0.25, 0.3) is 0 Å². The van der Waals surface area contributed by atoms with Crippen molar-refractivity contribution in [1.82, 2.24) is 0 Å². The van der Waals surface area contributed by atoms with E-state index >= 15 is 0 Å². The molecule has 3 heteroatoms. The van der Waals surface area contributed by atoms with E-state index in [1.807, 2.05) is 19.1 Å². The van der Waals surface area contributed by atoms with Crippen molar-refractivity contribution in [3.63, 3.8) is 0 Å². The van der Waals surface area contributed by atoms with Crippen molar-refractivity contribution in [3.8, 4) is 17.2 Å². The first-order valence-corrected chi connectivity index (χ1v) is 4.31. The number of methoxy groups -OCH3 is 2. The van der Waals surface area contributed by atoms with Gasteiger partial charge in [-0.05, 0) is 19.1 Å². The van der Waals surface area contributed by atoms with Crippen LogP contribution in [0.2, 0.25) is 0 Å². The Balaban J connectivity index is 2.89. The van der Waals surface area contributed by atoms with Crippen LogP contribution in [0.4, 0.5) is 0 Å². The molecule has 0 atom stereocenters. The highest BCUT2D eigenvalue weighted by Crippen LogP contribution is 2.30. The van der Waals surface area contributed by atoms with E-state index in [2.05, 4.69) is 0 Å². The molecule has 0 radical (unpaired) electrons. The molecule has 76 valence electrons. The second-order valence-corrected chi connectivity index (χ2v) is 2.60. The molecule has 1 aromatic rings. The van der Waals surface area contributed by atoms with Crippen LogP contribution in [0.15, 0.2) is 30.5 Å². The zero-order chi connectivity index (χ0) is 10.4. The van der Waals surface area contributed by atoms with Crippen molar-refractivity contribution in [1.29, 1.82) is 0 Å². The van der Waals surface area contributed by atoms with E-state index in [1.54, 1.807) is 32.6 Å². The molecule has 1 aromatic carbocycles. The third-order valence-corrected chi connectivity index (χ3v) is 1.70. The van der Waals surface area contributed by atoms with E-state index in [0.717, 1.165) is 5.75 Å². The van der Waals surface area contributed by atoms with Crippen molar-refractivity contribution in [3.05, 3.63) is 30.5 Å². The topological polar surface area (TPSA) is 27.7 Å². The minimum absolute atomic E-state index is 0.662. The van der Waals surface area contributed by atoms with E-state index < -0.39 is 0 Å². The fourth-order valence-corrected chi connectivity index (χ4v) is 1.04. The van der Waals surface area contributed by atoms with Crippen molar-refractivity contribution in [2.24, 2.45) is 0 Å². The van der Waals surface area contributed by atoms with Gasteiger partial charge in [-0.15, -0.1) is 0 Å². The molecule has 0 unspecified atom stereocenters. The second kappa shape index (κ2) is 5.17. The molecule has 0 saturated heterocycles. The minimum Gasteiger partial charge on any atom is -0.493 e. The molecule has 0 fully saturated rings. The van der Waals surface area contributed by atoms with Crippen molar-refractivity contribution in [2.45, 2.75) is 6.92 Å². The Hall–Kier alpha value is -1.64. The summed E-state index contributed by atoms with van der Waals surface area (Å²) < 4.78 is 15.5. The van der Waals surface area contributed by atoms with Gasteiger partial charge in [0.15, 0.2) is 11.5 Å². The molecule has 0 heterocycles. The molecule has 0 aromatic heterocycles. The molecule has 0 spiro atoms. The Labute approximate surface area is 83.9 Å². The normalized spacial score (nSPS) is 10.2. The number of hydrogen-bond acceptors (Lipinski definition) is 3. The van der Waals surface area contributed by atoms with Crippen LogP contribution in [0.3, 0.4) is 0 Å². The van der Waals surface area contributed by atoms with E-state index in [0.29, 0.717) is 11.5 Å². The van der Waals surface area contributed by atoms with Gasteiger partial charge in [0.25, 0.3) is 0 Å². The van der Waals surface area contributed by atoms with Crippen molar-refractivity contribution >= 4 is 0 Å². The smallest absolute Gasteiger partial charge is 0.164 e. The lowest BCUT2D eigenvalue weighted by Gasteiger charge is -2.08. The fraction of sp³-hybridized carbons (Fsp3) is 0.273. The van der Waals surface area contributed by atoms with E-state index in [1.165, 1.54) is 0 Å². The largest absolute Gasteiger partial charge is 0.493 e. The van der Waals surface area contributed by atoms with Gasteiger partial charge in [0.1, 0.15) is 5.75 Å². The van der Waals surface area contributed by atoms with Crippen LogP contribution in [0, 0.1) is 0 Å². The number of allylic oxidation sites excluding steroid dienone is 1. The Morgan fingerprint density at radius 1 is 1.07 bits per heavy atom. The maximum absolute atomic E-state index is 5.28. The van der Waals surface area contributed by atoms with E-state index in [4.69, 9.17) is 14.2 Å². The zero-order valence-corrected chi connectivity index (χ0v) is 8.61. The van der Waals surface area contributed by atoms with Crippen molar-refractivity contribution in [2.75, 3.05) is 14.2 Å². The molecule has 0 N–H and O–H groups in total. The molecule has 0 aliphatic heterocycles. The lowest BCUT2D eigenvalue weighted by Crippen LogP contribution is -1.91. The first kappa shape index (κ1) is 10.4. The van der Waals surface area contributed by atoms with Crippen LogP contribution >= 0.6 is 0 Å². The van der Waals surface area contributed by atoms with Gasteiger partial charge in [-0.1, -0.05) is 6.08 Å². The lowest BCUT2D eigenvalue weighted by atomic mass is 10.3. The Morgan fingerprint density at radius 2 is 1.79 bits per heavy atom. The standard InChI is InChI=1S/C11H14O3/c1-4-7-14-9-5-6-10(12-2)11(8-9)13-3/h4-8H,1-3H3/b7-4+. The predicted molar refractivity (Wildman–Crippen MR) is 55.0 cm³/mol. The summed E-state index contributed by atoms with van der Waals surface area (Å²) >= 11 is 0. The summed E-state index contributed by atoms with van der Waals surface area (Å²) in [5.41, 5.74) is 0. The highest BCUT2D eigenvalue weighted by molar-refractivity contribution is 5.45. The fourth-order valence-electron chi connectivity index (χ4n) is 1.04. The number of rotatable bonds is 4. The predicted octanol–water partition coefficient (Wildman–Crippen LogP) is 2.62. The Morgan fingerprint density at radius 3 is 2.36 bits per heavy atom. The van der Waals surface area contributed by atoms with Gasteiger partial charge in [0, 0.05) is 6.07 Å². The molecule has 0 saturated carbocycles. The summed E-state index contributed by atoms with van der Waals surface area (Å²) in [7, 11) is 3.20. The van der Waals surface area contributed by atoms with Crippen LogP contribution in [0.1, 0.15) is 6.92 Å². The van der Waals surface area contributed by atoms with Gasteiger partial charge < -0.3 is 14.2 Å². The average Bonchev–Trinajstić information content (AvgIpc) is 2.25. The summed E-state index contributed by atoms with van der Waals surface area (Å²) in [5.74, 6) is 2.08. The van der Waals surface area contributed by atoms with Gasteiger partial charge >= 0.3 is 0 Å². The SMILES string of the molecule is C/C=C/Oc1ccc(OC)c(OC)c1. The van der Waals surface area contributed by atoms with Gasteiger partial charge in [-0.25, -0.2) is 0 Å². The maximum atomic E-state index is 5.28. The quantitative estimate of drug-likeness (QED) is 0.689. The lowest BCUT2D eigenvalue weighted by molar-refractivity contribution is 0.352. The maximum Gasteiger partial charge on any atom is 0.164 e. The summed E-state index contributed by atoms with van der Waals surface area (Å²) in [6, 6.07) is 5.40. The van der Waals surface area contributed by atoms with Crippen LogP contribution in [-0.4, -0.2) is 14.2 Å². The molecule has 0 aliphatic rings. The number of hydrogen-bond donors (Lipinski definition) is 0. The van der Waals surface area contributed by atoms with Gasteiger partial charge in [0.2, 0.25) is 0 Å². The first-order chi connectivity index (χ1) is 6.81. The first-order valence-electron chi connectivity index (χ1n) is 4.31. The van der Waals surface area contributed by atoms with Crippen LogP contribution in [0.5, 0.6) is 17.2 Å². The molecule has 1 rings (SSSR count). The summed E-state index contributed by atoms with van der Waals surface area (Å²) in [4.78, 5) is 0. The Kier molecular flexibility index (Phi) is 3.85. The van der Waals surface area contributed by atoms with E-state index in [-0.39, 0.29) is 0 Å². The number of benzene rings is 1. The molecule has 0 amide bonds. The molecule has 0 aliphatic carbocycles. The second-order valence-electron chi connectivity index (χ2n) is 2.60. The summed E-state index contributed by atoms with van der Waals surface area (Å²) in [6.07, 6.45) is 3.43. The monoisotopic (exact) mass is 194 g/mol. The highest BCUT2D eigenvalue weighted by Gasteiger charge is 2.03. The zero-order valence-electron chi connectivity index (χ0n) is 8.61. The third kappa shape index (κ3) is 2.42. The molecule has 0 bridgehead atoms. The minimum atomic E-state index is 0.662. The molecule has 14 heavy (non-hydrogen) atoms. The third-order valence-electron chi connectivity index (χ3n) is 1.70.